The van der Waals surface area contributed by atoms with E-state index in [0.717, 1.165) is 24.2 Å². The van der Waals surface area contributed by atoms with Crippen LogP contribution in [0.1, 0.15) is 36.1 Å². The number of aliphatic hydroxyl groups excluding tert-OH is 1. The molecule has 2 aliphatic heterocycles. The van der Waals surface area contributed by atoms with Gasteiger partial charge in [0.05, 0.1) is 39.0 Å². The van der Waals surface area contributed by atoms with Gasteiger partial charge in [-0.1, -0.05) is 12.1 Å². The molecule has 0 aromatic heterocycles. The van der Waals surface area contributed by atoms with E-state index in [0.29, 0.717) is 47.3 Å². The molecule has 0 saturated carbocycles. The summed E-state index contributed by atoms with van der Waals surface area (Å²) in [6.07, 6.45) is 1.66. The van der Waals surface area contributed by atoms with Crippen LogP contribution in [0.3, 0.4) is 0 Å². The Morgan fingerprint density at radius 1 is 1.03 bits per heavy atom. The van der Waals surface area contributed by atoms with Crippen LogP contribution in [0.5, 0.6) is 23.0 Å². The highest BCUT2D eigenvalue weighted by molar-refractivity contribution is 6.51. The Bertz CT molecular complexity index is 1430. The van der Waals surface area contributed by atoms with Crippen LogP contribution in [0.25, 0.3) is 5.76 Å². The molecule has 1 unspecified atom stereocenters. The van der Waals surface area contributed by atoms with Gasteiger partial charge in [-0.05, 0) is 73.4 Å². The van der Waals surface area contributed by atoms with Gasteiger partial charge in [0.1, 0.15) is 17.3 Å². The first kappa shape index (κ1) is 25.2. The standard InChI is InChI=1S/C30H29NO7/c1-4-37-22-9-5-8-21(17-22)31-27(19-10-13-24(35-2)25(16-19)36-3)26(29(33)30(31)34)28(32)20-11-12-23-18(15-20)7-6-14-38-23/h5,8-13,15-17,27,32H,4,6-7,14H2,1-3H3/b28-26+. The van der Waals surface area contributed by atoms with E-state index in [9.17, 15) is 14.7 Å². The van der Waals surface area contributed by atoms with Gasteiger partial charge in [0.2, 0.25) is 0 Å². The lowest BCUT2D eigenvalue weighted by atomic mass is 9.93. The number of ketones is 1. The van der Waals surface area contributed by atoms with Crippen molar-refractivity contribution in [2.45, 2.75) is 25.8 Å². The van der Waals surface area contributed by atoms with E-state index in [2.05, 4.69) is 0 Å². The molecule has 1 atom stereocenters. The largest absolute Gasteiger partial charge is 0.507 e. The minimum Gasteiger partial charge on any atom is -0.507 e. The van der Waals surface area contributed by atoms with Crippen molar-refractivity contribution in [3.63, 3.8) is 0 Å². The number of amides is 1. The second-order valence-electron chi connectivity index (χ2n) is 8.99. The third kappa shape index (κ3) is 4.42. The maximum absolute atomic E-state index is 13.5. The number of anilines is 1. The van der Waals surface area contributed by atoms with Crippen LogP contribution < -0.4 is 23.8 Å². The maximum atomic E-state index is 13.5. The SMILES string of the molecule is CCOc1cccc(N2C(=O)C(=O)/C(=C(/O)c3ccc4c(c3)CCCO4)C2c2ccc(OC)c(OC)c2)c1. The van der Waals surface area contributed by atoms with Crippen molar-refractivity contribution >= 4 is 23.1 Å². The predicted molar refractivity (Wildman–Crippen MR) is 142 cm³/mol. The first-order valence-corrected chi connectivity index (χ1v) is 12.5. The van der Waals surface area contributed by atoms with Gasteiger partial charge >= 0.3 is 0 Å². The highest BCUT2D eigenvalue weighted by Gasteiger charge is 2.47. The lowest BCUT2D eigenvalue weighted by Gasteiger charge is -2.26. The van der Waals surface area contributed by atoms with E-state index in [1.54, 1.807) is 54.6 Å². The fourth-order valence-electron chi connectivity index (χ4n) is 4.99. The van der Waals surface area contributed by atoms with E-state index < -0.39 is 17.7 Å². The molecule has 1 fully saturated rings. The van der Waals surface area contributed by atoms with Crippen LogP contribution in [0.4, 0.5) is 5.69 Å². The lowest BCUT2D eigenvalue weighted by Crippen LogP contribution is -2.29. The summed E-state index contributed by atoms with van der Waals surface area (Å²) < 4.78 is 22.2. The molecule has 1 saturated heterocycles. The van der Waals surface area contributed by atoms with Gasteiger partial charge in [-0.3, -0.25) is 14.5 Å². The number of hydrogen-bond acceptors (Lipinski definition) is 7. The lowest BCUT2D eigenvalue weighted by molar-refractivity contribution is -0.132. The van der Waals surface area contributed by atoms with E-state index in [1.807, 2.05) is 13.0 Å². The topological polar surface area (TPSA) is 94.5 Å². The molecule has 2 aliphatic rings. The number of carbonyl (C=O) groups excluding carboxylic acids is 2. The van der Waals surface area contributed by atoms with E-state index in [-0.39, 0.29) is 11.3 Å². The number of ether oxygens (including phenoxy) is 4. The zero-order valence-electron chi connectivity index (χ0n) is 21.5. The summed E-state index contributed by atoms with van der Waals surface area (Å²) in [6, 6.07) is 16.5. The Balaban J connectivity index is 1.70. The van der Waals surface area contributed by atoms with Crippen molar-refractivity contribution in [3.05, 3.63) is 82.9 Å². The first-order valence-electron chi connectivity index (χ1n) is 12.5. The number of benzene rings is 3. The molecule has 1 N–H and O–H groups in total. The van der Waals surface area contributed by atoms with Gasteiger partial charge in [-0.2, -0.15) is 0 Å². The molecule has 5 rings (SSSR count). The average Bonchev–Trinajstić information content (AvgIpc) is 3.22. The quantitative estimate of drug-likeness (QED) is 0.267. The number of Topliss-reactive ketones (excluding diaryl/α,β-unsaturated/α-hetero) is 1. The highest BCUT2D eigenvalue weighted by atomic mass is 16.5. The molecule has 0 aliphatic carbocycles. The molecule has 38 heavy (non-hydrogen) atoms. The van der Waals surface area contributed by atoms with Crippen LogP contribution in [0.2, 0.25) is 0 Å². The summed E-state index contributed by atoms with van der Waals surface area (Å²) in [5, 5.41) is 11.5. The maximum Gasteiger partial charge on any atom is 0.300 e. The number of aliphatic hydroxyl groups is 1. The van der Waals surface area contributed by atoms with Gasteiger partial charge in [0, 0.05) is 17.3 Å². The summed E-state index contributed by atoms with van der Waals surface area (Å²) in [6.45, 7) is 2.96. The number of rotatable bonds is 7. The summed E-state index contributed by atoms with van der Waals surface area (Å²) >= 11 is 0. The Morgan fingerprint density at radius 3 is 2.61 bits per heavy atom. The second kappa shape index (κ2) is 10.5. The molecule has 8 nitrogen and oxygen atoms in total. The molecule has 1 amide bonds. The monoisotopic (exact) mass is 515 g/mol. The number of nitrogens with zero attached hydrogens (tertiary/aromatic N) is 1. The highest BCUT2D eigenvalue weighted by Crippen LogP contribution is 2.45. The van der Waals surface area contributed by atoms with Crippen molar-refractivity contribution in [3.8, 4) is 23.0 Å². The third-order valence-electron chi connectivity index (χ3n) is 6.76. The number of methoxy groups -OCH3 is 2. The number of fused-ring (bicyclic) bond motifs is 1. The van der Waals surface area contributed by atoms with Gasteiger partial charge < -0.3 is 24.1 Å². The van der Waals surface area contributed by atoms with E-state index in [4.69, 9.17) is 18.9 Å². The molecular formula is C30H29NO7. The summed E-state index contributed by atoms with van der Waals surface area (Å²) in [7, 11) is 3.04. The van der Waals surface area contributed by atoms with Gasteiger partial charge in [0.25, 0.3) is 11.7 Å². The Kier molecular flexibility index (Phi) is 6.96. The smallest absolute Gasteiger partial charge is 0.300 e. The van der Waals surface area contributed by atoms with Gasteiger partial charge in [0.15, 0.2) is 11.5 Å². The number of carbonyl (C=O) groups is 2. The molecular weight excluding hydrogens is 486 g/mol. The van der Waals surface area contributed by atoms with Crippen LogP contribution in [-0.4, -0.2) is 44.2 Å². The second-order valence-corrected chi connectivity index (χ2v) is 8.99. The Labute approximate surface area is 221 Å². The molecule has 3 aromatic carbocycles. The predicted octanol–water partition coefficient (Wildman–Crippen LogP) is 5.05. The average molecular weight is 516 g/mol. The fourth-order valence-corrected chi connectivity index (χ4v) is 4.99. The molecule has 0 bridgehead atoms. The van der Waals surface area contributed by atoms with Crippen molar-refractivity contribution in [2.24, 2.45) is 0 Å². The summed E-state index contributed by atoms with van der Waals surface area (Å²) in [4.78, 5) is 28.5. The zero-order chi connectivity index (χ0) is 26.8. The van der Waals surface area contributed by atoms with Crippen LogP contribution in [0.15, 0.2) is 66.2 Å². The summed E-state index contributed by atoms with van der Waals surface area (Å²) in [5.74, 6) is 0.482. The minimum absolute atomic E-state index is 0.0132. The number of hydrogen-bond donors (Lipinski definition) is 1. The molecule has 8 heteroatoms. The van der Waals surface area contributed by atoms with E-state index >= 15 is 0 Å². The van der Waals surface area contributed by atoms with Crippen molar-refractivity contribution < 1.29 is 33.6 Å². The van der Waals surface area contributed by atoms with Crippen LogP contribution >= 0.6 is 0 Å². The van der Waals surface area contributed by atoms with Gasteiger partial charge in [-0.25, -0.2) is 0 Å². The van der Waals surface area contributed by atoms with Crippen molar-refractivity contribution in [1.29, 1.82) is 0 Å². The Morgan fingerprint density at radius 2 is 1.84 bits per heavy atom. The minimum atomic E-state index is -0.918. The molecule has 2 heterocycles. The zero-order valence-corrected chi connectivity index (χ0v) is 21.5. The first-order chi connectivity index (χ1) is 18.5. The van der Waals surface area contributed by atoms with E-state index in [1.165, 1.54) is 19.1 Å². The normalized spacial score (nSPS) is 18.1. The summed E-state index contributed by atoms with van der Waals surface area (Å²) in [5.41, 5.74) is 2.42. The fraction of sp³-hybridized carbons (Fsp3) is 0.267. The van der Waals surface area contributed by atoms with Gasteiger partial charge in [-0.15, -0.1) is 0 Å². The van der Waals surface area contributed by atoms with Crippen molar-refractivity contribution in [2.75, 3.05) is 32.3 Å². The molecule has 0 spiro atoms. The third-order valence-corrected chi connectivity index (χ3v) is 6.76. The Hall–Kier alpha value is -4.46. The van der Waals surface area contributed by atoms with Crippen LogP contribution in [0, 0.1) is 0 Å². The molecule has 3 aromatic rings. The van der Waals surface area contributed by atoms with Crippen LogP contribution in [-0.2, 0) is 16.0 Å². The molecule has 0 radical (unpaired) electrons. The molecule has 196 valence electrons. The van der Waals surface area contributed by atoms with Crippen molar-refractivity contribution in [1.82, 2.24) is 0 Å². The number of aryl methyl sites for hydroxylation is 1.